The van der Waals surface area contributed by atoms with Crippen molar-refractivity contribution in [2.45, 2.75) is 0 Å². The summed E-state index contributed by atoms with van der Waals surface area (Å²) in [5.41, 5.74) is -1.78. The number of carboxylic acid groups (broad SMARTS) is 1. The zero-order chi connectivity index (χ0) is 15.1. The standard InChI is InChI=1S/C14H7NO6/c16-13(17)10-5-9-7-3-1-2-4-8(7)11(15(19)20)6-12(9)21-14(10)18/h1-6H,(H,16,17). The van der Waals surface area contributed by atoms with E-state index in [-0.39, 0.29) is 11.3 Å². The first-order valence-corrected chi connectivity index (χ1v) is 5.86. The molecule has 0 amide bonds. The second-order valence-electron chi connectivity index (χ2n) is 4.36. The van der Waals surface area contributed by atoms with E-state index < -0.39 is 22.1 Å². The van der Waals surface area contributed by atoms with Crippen molar-refractivity contribution < 1.29 is 19.2 Å². The van der Waals surface area contributed by atoms with Crippen LogP contribution in [0.3, 0.4) is 0 Å². The third-order valence-electron chi connectivity index (χ3n) is 3.16. The molecule has 0 unspecified atom stereocenters. The van der Waals surface area contributed by atoms with Crippen LogP contribution < -0.4 is 5.63 Å². The largest absolute Gasteiger partial charge is 0.477 e. The summed E-state index contributed by atoms with van der Waals surface area (Å²) in [6.45, 7) is 0. The fourth-order valence-electron chi connectivity index (χ4n) is 2.25. The van der Waals surface area contributed by atoms with E-state index in [1.165, 1.54) is 6.07 Å². The molecule has 1 heterocycles. The molecule has 0 saturated heterocycles. The number of carboxylic acids is 1. The molecule has 1 N–H and O–H groups in total. The van der Waals surface area contributed by atoms with Crippen LogP contribution in [-0.4, -0.2) is 16.0 Å². The summed E-state index contributed by atoms with van der Waals surface area (Å²) in [7, 11) is 0. The van der Waals surface area contributed by atoms with Crippen LogP contribution in [0, 0.1) is 10.1 Å². The molecular weight excluding hydrogens is 278 g/mol. The van der Waals surface area contributed by atoms with E-state index >= 15 is 0 Å². The molecule has 104 valence electrons. The molecule has 21 heavy (non-hydrogen) atoms. The van der Waals surface area contributed by atoms with Crippen LogP contribution >= 0.6 is 0 Å². The molecule has 0 aliphatic heterocycles. The van der Waals surface area contributed by atoms with E-state index in [0.717, 1.165) is 6.07 Å². The minimum absolute atomic E-state index is 0.0181. The van der Waals surface area contributed by atoms with E-state index in [2.05, 4.69) is 0 Å². The lowest BCUT2D eigenvalue weighted by atomic mass is 10.0. The molecule has 0 spiro atoms. The molecular formula is C14H7NO6. The maximum atomic E-state index is 11.6. The van der Waals surface area contributed by atoms with Crippen molar-refractivity contribution in [3.63, 3.8) is 0 Å². The monoisotopic (exact) mass is 285 g/mol. The number of carbonyl (C=O) groups is 1. The van der Waals surface area contributed by atoms with E-state index in [1.807, 2.05) is 0 Å². The first-order valence-electron chi connectivity index (χ1n) is 5.86. The van der Waals surface area contributed by atoms with Gasteiger partial charge < -0.3 is 9.52 Å². The van der Waals surface area contributed by atoms with E-state index in [9.17, 15) is 19.7 Å². The Morgan fingerprint density at radius 1 is 1.14 bits per heavy atom. The lowest BCUT2D eigenvalue weighted by molar-refractivity contribution is -0.383. The first kappa shape index (κ1) is 12.8. The number of aromatic carboxylic acids is 1. The summed E-state index contributed by atoms with van der Waals surface area (Å²) >= 11 is 0. The number of nitro benzene ring substituents is 1. The van der Waals surface area contributed by atoms with Gasteiger partial charge in [-0.25, -0.2) is 9.59 Å². The smallest absolute Gasteiger partial charge is 0.351 e. The van der Waals surface area contributed by atoms with E-state index in [0.29, 0.717) is 16.2 Å². The van der Waals surface area contributed by atoms with Gasteiger partial charge in [-0.3, -0.25) is 10.1 Å². The maximum absolute atomic E-state index is 11.6. The summed E-state index contributed by atoms with van der Waals surface area (Å²) in [6.07, 6.45) is 0. The Balaban J connectivity index is 2.56. The molecule has 0 atom stereocenters. The Kier molecular flexibility index (Phi) is 2.69. The van der Waals surface area contributed by atoms with Gasteiger partial charge in [0.15, 0.2) is 0 Å². The van der Waals surface area contributed by atoms with Crippen LogP contribution in [-0.2, 0) is 0 Å². The van der Waals surface area contributed by atoms with Gasteiger partial charge in [-0.2, -0.15) is 0 Å². The summed E-state index contributed by atoms with van der Waals surface area (Å²) in [6, 6.07) is 8.77. The number of non-ortho nitro benzene ring substituents is 1. The fraction of sp³-hybridized carbons (Fsp3) is 0. The lowest BCUT2D eigenvalue weighted by Gasteiger charge is -2.04. The normalized spacial score (nSPS) is 10.9. The van der Waals surface area contributed by atoms with Crippen LogP contribution in [0.15, 0.2) is 45.6 Å². The van der Waals surface area contributed by atoms with Gasteiger partial charge in [-0.1, -0.05) is 18.2 Å². The van der Waals surface area contributed by atoms with Crippen LogP contribution in [0.1, 0.15) is 10.4 Å². The highest BCUT2D eigenvalue weighted by Gasteiger charge is 2.19. The molecule has 3 rings (SSSR count). The fourth-order valence-corrected chi connectivity index (χ4v) is 2.25. The van der Waals surface area contributed by atoms with Gasteiger partial charge in [0.25, 0.3) is 5.69 Å². The SMILES string of the molecule is O=C(O)c1cc2c(cc([N+](=O)[O-])c3ccccc32)oc1=O. The van der Waals surface area contributed by atoms with Gasteiger partial charge in [-0.15, -0.1) is 0 Å². The lowest BCUT2D eigenvalue weighted by Crippen LogP contribution is -2.13. The molecule has 0 aliphatic rings. The van der Waals surface area contributed by atoms with Gasteiger partial charge in [-0.05, 0) is 17.5 Å². The van der Waals surface area contributed by atoms with Gasteiger partial charge >= 0.3 is 11.6 Å². The molecule has 0 radical (unpaired) electrons. The maximum Gasteiger partial charge on any atom is 0.351 e. The number of fused-ring (bicyclic) bond motifs is 3. The highest BCUT2D eigenvalue weighted by Crippen LogP contribution is 2.32. The number of rotatable bonds is 2. The zero-order valence-corrected chi connectivity index (χ0v) is 10.4. The summed E-state index contributed by atoms with van der Waals surface area (Å²) in [4.78, 5) is 33.1. The van der Waals surface area contributed by atoms with E-state index in [1.54, 1.807) is 24.3 Å². The van der Waals surface area contributed by atoms with Crippen LogP contribution in [0.4, 0.5) is 5.69 Å². The summed E-state index contributed by atoms with van der Waals surface area (Å²) in [5.74, 6) is -1.41. The number of benzene rings is 2. The second-order valence-corrected chi connectivity index (χ2v) is 4.36. The molecule has 7 heteroatoms. The Hall–Kier alpha value is -3.22. The zero-order valence-electron chi connectivity index (χ0n) is 10.4. The van der Waals surface area contributed by atoms with Gasteiger partial charge in [0.05, 0.1) is 16.4 Å². The van der Waals surface area contributed by atoms with Crippen LogP contribution in [0.2, 0.25) is 0 Å². The van der Waals surface area contributed by atoms with Gasteiger partial charge in [0.2, 0.25) is 0 Å². The molecule has 0 bridgehead atoms. The topological polar surface area (TPSA) is 111 Å². The molecule has 0 aliphatic carbocycles. The average Bonchev–Trinajstić information content (AvgIpc) is 2.45. The Labute approximate surface area is 116 Å². The predicted molar refractivity (Wildman–Crippen MR) is 73.6 cm³/mol. The average molecular weight is 285 g/mol. The Morgan fingerprint density at radius 2 is 1.81 bits per heavy atom. The van der Waals surface area contributed by atoms with Crippen molar-refractivity contribution in [3.8, 4) is 0 Å². The summed E-state index contributed by atoms with van der Waals surface area (Å²) in [5, 5.41) is 21.2. The number of hydrogen-bond acceptors (Lipinski definition) is 5. The molecule has 1 aromatic heterocycles. The number of nitro groups is 1. The van der Waals surface area contributed by atoms with Crippen molar-refractivity contribution in [2.24, 2.45) is 0 Å². The molecule has 3 aromatic rings. The highest BCUT2D eigenvalue weighted by atomic mass is 16.6. The Bertz CT molecular complexity index is 972. The quantitative estimate of drug-likeness (QED) is 0.335. The highest BCUT2D eigenvalue weighted by molar-refractivity contribution is 6.11. The minimum Gasteiger partial charge on any atom is -0.477 e. The van der Waals surface area contributed by atoms with Crippen molar-refractivity contribution in [2.75, 3.05) is 0 Å². The second kappa shape index (κ2) is 4.41. The van der Waals surface area contributed by atoms with Crippen molar-refractivity contribution in [1.82, 2.24) is 0 Å². The van der Waals surface area contributed by atoms with Crippen LogP contribution in [0.5, 0.6) is 0 Å². The van der Waals surface area contributed by atoms with Gasteiger partial charge in [0.1, 0.15) is 11.1 Å². The van der Waals surface area contributed by atoms with Crippen molar-refractivity contribution in [3.05, 3.63) is 62.5 Å². The number of nitrogens with zero attached hydrogens (tertiary/aromatic N) is 1. The third-order valence-corrected chi connectivity index (χ3v) is 3.16. The Morgan fingerprint density at radius 3 is 2.43 bits per heavy atom. The molecule has 7 nitrogen and oxygen atoms in total. The van der Waals surface area contributed by atoms with Crippen molar-refractivity contribution in [1.29, 1.82) is 0 Å². The first-order chi connectivity index (χ1) is 9.99. The third kappa shape index (κ3) is 1.91. The van der Waals surface area contributed by atoms with Crippen molar-refractivity contribution >= 4 is 33.4 Å². The molecule has 0 fully saturated rings. The molecule has 0 saturated carbocycles. The predicted octanol–water partition coefficient (Wildman–Crippen LogP) is 2.55. The molecule has 2 aromatic carbocycles. The number of hydrogen-bond donors (Lipinski definition) is 1. The van der Waals surface area contributed by atoms with Crippen LogP contribution in [0.25, 0.3) is 21.7 Å². The van der Waals surface area contributed by atoms with E-state index in [4.69, 9.17) is 9.52 Å². The summed E-state index contributed by atoms with van der Waals surface area (Å²) < 4.78 is 4.91. The van der Waals surface area contributed by atoms with Gasteiger partial charge in [0, 0.05) is 5.39 Å². The minimum atomic E-state index is -1.41.